The molecule has 2 aromatic rings. The first-order valence-electron chi connectivity index (χ1n) is 7.65. The molecule has 0 saturated heterocycles. The van der Waals surface area contributed by atoms with Crippen molar-refractivity contribution in [2.45, 2.75) is 25.9 Å². The van der Waals surface area contributed by atoms with E-state index in [0.717, 1.165) is 24.2 Å². The molecular formula is C15H20Cl2N6O. The van der Waals surface area contributed by atoms with Gasteiger partial charge in [0.15, 0.2) is 5.82 Å². The Morgan fingerprint density at radius 2 is 2.29 bits per heavy atom. The van der Waals surface area contributed by atoms with Gasteiger partial charge in [-0.2, -0.15) is 0 Å². The average Bonchev–Trinajstić information content (AvgIpc) is 3.01. The molecule has 1 amide bonds. The Kier molecular flexibility index (Phi) is 6.53. The van der Waals surface area contributed by atoms with E-state index < -0.39 is 0 Å². The minimum atomic E-state index is -0.114. The number of aryl methyl sites for hydroxylation is 1. The summed E-state index contributed by atoms with van der Waals surface area (Å²) in [5.41, 5.74) is 6.68. The summed E-state index contributed by atoms with van der Waals surface area (Å²) < 4.78 is 1.71. The van der Waals surface area contributed by atoms with Crippen LogP contribution in [0.1, 0.15) is 17.8 Å². The molecule has 3 rings (SSSR count). The van der Waals surface area contributed by atoms with Crippen molar-refractivity contribution in [3.05, 3.63) is 40.7 Å². The number of nitrogens with zero attached hydrogens (tertiary/aromatic N) is 5. The Hall–Kier alpha value is -1.70. The number of carbonyl (C=O) groups is 1. The number of rotatable bonds is 5. The first-order chi connectivity index (χ1) is 11.2. The molecule has 0 saturated carbocycles. The van der Waals surface area contributed by atoms with Crippen LogP contribution in [0.5, 0.6) is 0 Å². The van der Waals surface area contributed by atoms with Gasteiger partial charge in [-0.15, -0.1) is 17.5 Å². The molecule has 2 N–H and O–H groups in total. The normalized spacial score (nSPS) is 16.2. The quantitative estimate of drug-likeness (QED) is 0.856. The molecule has 9 heteroatoms. The Bertz CT molecular complexity index is 692. The summed E-state index contributed by atoms with van der Waals surface area (Å²) in [6, 6.07) is 7.54. The van der Waals surface area contributed by atoms with E-state index >= 15 is 0 Å². The molecule has 0 fully saturated rings. The van der Waals surface area contributed by atoms with E-state index in [0.29, 0.717) is 31.2 Å². The molecule has 130 valence electrons. The Morgan fingerprint density at radius 3 is 3.04 bits per heavy atom. The van der Waals surface area contributed by atoms with Crippen LogP contribution in [0.3, 0.4) is 0 Å². The predicted molar refractivity (Wildman–Crippen MR) is 92.8 cm³/mol. The molecule has 0 spiro atoms. The van der Waals surface area contributed by atoms with Gasteiger partial charge in [-0.3, -0.25) is 4.79 Å². The van der Waals surface area contributed by atoms with Gasteiger partial charge in [0.2, 0.25) is 5.91 Å². The summed E-state index contributed by atoms with van der Waals surface area (Å²) >= 11 is 6.02. The molecule has 1 atom stereocenters. The number of aromatic nitrogens is 4. The lowest BCUT2D eigenvalue weighted by Gasteiger charge is -2.29. The fourth-order valence-corrected chi connectivity index (χ4v) is 3.10. The molecule has 0 bridgehead atoms. The van der Waals surface area contributed by atoms with Crippen molar-refractivity contribution in [1.82, 2.24) is 25.1 Å². The van der Waals surface area contributed by atoms with E-state index in [1.807, 2.05) is 24.3 Å². The molecular weight excluding hydrogens is 351 g/mol. The van der Waals surface area contributed by atoms with Crippen LogP contribution < -0.4 is 5.73 Å². The van der Waals surface area contributed by atoms with Crippen molar-refractivity contribution in [2.75, 3.05) is 13.1 Å². The molecule has 0 aliphatic carbocycles. The second-order valence-electron chi connectivity index (χ2n) is 5.69. The summed E-state index contributed by atoms with van der Waals surface area (Å²) in [5, 5.41) is 12.2. The van der Waals surface area contributed by atoms with Crippen molar-refractivity contribution >= 4 is 29.9 Å². The zero-order valence-corrected chi connectivity index (χ0v) is 14.7. The van der Waals surface area contributed by atoms with Crippen molar-refractivity contribution in [3.63, 3.8) is 0 Å². The number of halogens is 2. The van der Waals surface area contributed by atoms with Gasteiger partial charge in [-0.05, 0) is 34.5 Å². The van der Waals surface area contributed by atoms with Crippen LogP contribution in [-0.4, -0.2) is 44.1 Å². The molecule has 0 radical (unpaired) electrons. The van der Waals surface area contributed by atoms with E-state index in [9.17, 15) is 4.79 Å². The van der Waals surface area contributed by atoms with Crippen LogP contribution in [0.15, 0.2) is 24.3 Å². The number of hydrogen-bond donors (Lipinski definition) is 1. The van der Waals surface area contributed by atoms with E-state index in [1.54, 1.807) is 9.58 Å². The maximum absolute atomic E-state index is 12.9. The van der Waals surface area contributed by atoms with Gasteiger partial charge < -0.3 is 10.6 Å². The fourth-order valence-electron chi connectivity index (χ4n) is 2.89. The summed E-state index contributed by atoms with van der Waals surface area (Å²) in [4.78, 5) is 14.7. The lowest BCUT2D eigenvalue weighted by Crippen LogP contribution is -2.41. The van der Waals surface area contributed by atoms with Crippen LogP contribution in [0.4, 0.5) is 0 Å². The first kappa shape index (κ1) is 18.6. The van der Waals surface area contributed by atoms with Gasteiger partial charge in [0.1, 0.15) is 0 Å². The predicted octanol–water partition coefficient (Wildman–Crippen LogP) is 1.30. The average molecular weight is 371 g/mol. The summed E-state index contributed by atoms with van der Waals surface area (Å²) in [5.74, 6) is 0.822. The van der Waals surface area contributed by atoms with Crippen molar-refractivity contribution < 1.29 is 4.79 Å². The van der Waals surface area contributed by atoms with Crippen LogP contribution in [-0.2, 0) is 24.3 Å². The number of tetrazole rings is 1. The topological polar surface area (TPSA) is 89.9 Å². The summed E-state index contributed by atoms with van der Waals surface area (Å²) in [7, 11) is 0. The highest BCUT2D eigenvalue weighted by Crippen LogP contribution is 2.21. The maximum Gasteiger partial charge on any atom is 0.227 e. The lowest BCUT2D eigenvalue weighted by molar-refractivity contribution is -0.137. The van der Waals surface area contributed by atoms with Gasteiger partial charge >= 0.3 is 0 Å². The van der Waals surface area contributed by atoms with E-state index in [1.165, 1.54) is 0 Å². The number of carbonyl (C=O) groups excluding carboxylic acids is 1. The lowest BCUT2D eigenvalue weighted by atomic mass is 9.98. The third-order valence-corrected chi connectivity index (χ3v) is 4.27. The number of fused-ring (bicyclic) bond motifs is 1. The van der Waals surface area contributed by atoms with Crippen LogP contribution in [0.2, 0.25) is 5.02 Å². The summed E-state index contributed by atoms with van der Waals surface area (Å²) in [6.07, 6.45) is 1.48. The summed E-state index contributed by atoms with van der Waals surface area (Å²) in [6.45, 7) is 1.98. The number of nitrogens with two attached hydrogens (primary N) is 1. The monoisotopic (exact) mass is 370 g/mol. The second-order valence-corrected chi connectivity index (χ2v) is 6.13. The SMILES string of the molecule is Cl.NCCN(Cc1cccc(Cl)c1)C(=O)C1CCc2nnnn2C1. The molecule has 24 heavy (non-hydrogen) atoms. The molecule has 1 aromatic carbocycles. The van der Waals surface area contributed by atoms with Crippen molar-refractivity contribution in [2.24, 2.45) is 11.7 Å². The maximum atomic E-state index is 12.9. The third-order valence-electron chi connectivity index (χ3n) is 4.04. The standard InChI is InChI=1S/C15H19ClN6O.ClH/c16-13-3-1-2-11(8-13)9-21(7-6-17)15(23)12-4-5-14-18-19-20-22(14)10-12;/h1-3,8,12H,4-7,9-10,17H2;1H. The van der Waals surface area contributed by atoms with Gasteiger partial charge in [0.25, 0.3) is 0 Å². The van der Waals surface area contributed by atoms with E-state index in [-0.39, 0.29) is 24.2 Å². The second kappa shape index (κ2) is 8.41. The largest absolute Gasteiger partial charge is 0.337 e. The molecule has 1 aliphatic heterocycles. The molecule has 2 heterocycles. The van der Waals surface area contributed by atoms with Crippen LogP contribution >= 0.6 is 24.0 Å². The van der Waals surface area contributed by atoms with Crippen molar-refractivity contribution in [3.8, 4) is 0 Å². The van der Waals surface area contributed by atoms with Gasteiger partial charge in [0.05, 0.1) is 12.5 Å². The Morgan fingerprint density at radius 1 is 1.46 bits per heavy atom. The third kappa shape index (κ3) is 4.23. The number of benzene rings is 1. The first-order valence-corrected chi connectivity index (χ1v) is 8.03. The van der Waals surface area contributed by atoms with Gasteiger partial charge in [-0.1, -0.05) is 23.7 Å². The highest BCUT2D eigenvalue weighted by atomic mass is 35.5. The highest BCUT2D eigenvalue weighted by molar-refractivity contribution is 6.30. The van der Waals surface area contributed by atoms with Crippen LogP contribution in [0.25, 0.3) is 0 Å². The number of amides is 1. The Balaban J connectivity index is 0.00000208. The Labute approximate surface area is 151 Å². The van der Waals surface area contributed by atoms with Crippen LogP contribution in [0, 0.1) is 5.92 Å². The minimum absolute atomic E-state index is 0. The van der Waals surface area contributed by atoms with E-state index in [4.69, 9.17) is 17.3 Å². The van der Waals surface area contributed by atoms with Crippen molar-refractivity contribution in [1.29, 1.82) is 0 Å². The molecule has 7 nitrogen and oxygen atoms in total. The fraction of sp³-hybridized carbons (Fsp3) is 0.467. The zero-order chi connectivity index (χ0) is 16.2. The smallest absolute Gasteiger partial charge is 0.227 e. The van der Waals surface area contributed by atoms with Gasteiger partial charge in [0, 0.05) is 31.1 Å². The highest BCUT2D eigenvalue weighted by Gasteiger charge is 2.29. The molecule has 1 unspecified atom stereocenters. The zero-order valence-electron chi connectivity index (χ0n) is 13.1. The van der Waals surface area contributed by atoms with E-state index in [2.05, 4.69) is 15.5 Å². The van der Waals surface area contributed by atoms with Gasteiger partial charge in [-0.25, -0.2) is 4.68 Å². The minimum Gasteiger partial charge on any atom is -0.337 e. The number of hydrogen-bond acceptors (Lipinski definition) is 5. The molecule has 1 aromatic heterocycles. The molecule has 1 aliphatic rings.